The van der Waals surface area contributed by atoms with Crippen molar-refractivity contribution in [1.29, 1.82) is 0 Å². The number of hydrogen-bond acceptors (Lipinski definition) is 2. The van der Waals surface area contributed by atoms with Gasteiger partial charge in [0.2, 0.25) is 0 Å². The molecule has 2 aromatic carbocycles. The molecule has 0 spiro atoms. The molecule has 0 unspecified atom stereocenters. The van der Waals surface area contributed by atoms with E-state index in [-0.39, 0.29) is 17.4 Å². The van der Waals surface area contributed by atoms with Gasteiger partial charge in [0, 0.05) is 5.56 Å². The predicted molar refractivity (Wildman–Crippen MR) is 82.5 cm³/mol. The van der Waals surface area contributed by atoms with Crippen LogP contribution < -0.4 is 10.5 Å². The normalized spacial score (nSPS) is 10.3. The predicted octanol–water partition coefficient (Wildman–Crippen LogP) is 3.66. The molecule has 0 saturated heterocycles. The van der Waals surface area contributed by atoms with Gasteiger partial charge in [-0.2, -0.15) is 0 Å². The fraction of sp³-hybridized carbons (Fsp3) is 0.188. The highest BCUT2D eigenvalue weighted by Gasteiger charge is 2.05. The summed E-state index contributed by atoms with van der Waals surface area (Å²) in [5.74, 6) is 0.422. The molecule has 0 aliphatic rings. The molecule has 2 aromatic rings. The van der Waals surface area contributed by atoms with Crippen molar-refractivity contribution in [2.75, 3.05) is 0 Å². The molecule has 0 amide bonds. The van der Waals surface area contributed by atoms with Crippen LogP contribution in [0, 0.1) is 19.7 Å². The first kappa shape index (κ1) is 14.5. The molecule has 2 nitrogen and oxygen atoms in total. The number of thiocarbonyl (C=S) groups is 1. The minimum absolute atomic E-state index is 0.178. The summed E-state index contributed by atoms with van der Waals surface area (Å²) < 4.78 is 19.2. The van der Waals surface area contributed by atoms with Gasteiger partial charge in [0.15, 0.2) is 0 Å². The molecular weight excluding hydrogens is 273 g/mol. The van der Waals surface area contributed by atoms with Gasteiger partial charge in [-0.1, -0.05) is 29.9 Å². The lowest BCUT2D eigenvalue weighted by atomic mass is 10.1. The smallest absolute Gasteiger partial charge is 0.124 e. The second-order valence-electron chi connectivity index (χ2n) is 4.77. The maximum atomic E-state index is 13.5. The van der Waals surface area contributed by atoms with Gasteiger partial charge < -0.3 is 10.5 Å². The van der Waals surface area contributed by atoms with Crippen molar-refractivity contribution in [3.63, 3.8) is 0 Å². The molecule has 20 heavy (non-hydrogen) atoms. The zero-order valence-corrected chi connectivity index (χ0v) is 12.3. The minimum atomic E-state index is -0.366. The summed E-state index contributed by atoms with van der Waals surface area (Å²) in [6.45, 7) is 4.28. The molecule has 0 aliphatic heterocycles. The first-order valence-electron chi connectivity index (χ1n) is 6.25. The van der Waals surface area contributed by atoms with Crippen molar-refractivity contribution in [3.05, 3.63) is 64.5 Å². The fourth-order valence-corrected chi connectivity index (χ4v) is 2.12. The zero-order chi connectivity index (χ0) is 14.7. The highest BCUT2D eigenvalue weighted by atomic mass is 32.1. The van der Waals surface area contributed by atoms with E-state index in [1.807, 2.05) is 32.0 Å². The summed E-state index contributed by atoms with van der Waals surface area (Å²) in [4.78, 5) is 0.178. The van der Waals surface area contributed by atoms with E-state index in [0.717, 1.165) is 11.3 Å². The second-order valence-corrected chi connectivity index (χ2v) is 5.21. The molecule has 4 heteroatoms. The summed E-state index contributed by atoms with van der Waals surface area (Å²) in [6.07, 6.45) is 0. The highest BCUT2D eigenvalue weighted by Crippen LogP contribution is 2.20. The molecule has 0 aliphatic carbocycles. The lowest BCUT2D eigenvalue weighted by Gasteiger charge is -2.11. The van der Waals surface area contributed by atoms with Crippen LogP contribution in [0.1, 0.15) is 22.3 Å². The maximum absolute atomic E-state index is 13.5. The van der Waals surface area contributed by atoms with E-state index >= 15 is 0 Å². The molecule has 0 radical (unpaired) electrons. The van der Waals surface area contributed by atoms with Gasteiger partial charge in [0.25, 0.3) is 0 Å². The van der Waals surface area contributed by atoms with Crippen LogP contribution in [0.4, 0.5) is 4.39 Å². The van der Waals surface area contributed by atoms with E-state index in [1.54, 1.807) is 6.07 Å². The molecule has 0 atom stereocenters. The summed E-state index contributed by atoms with van der Waals surface area (Å²) in [5.41, 5.74) is 8.97. The summed E-state index contributed by atoms with van der Waals surface area (Å²) >= 11 is 4.86. The lowest BCUT2D eigenvalue weighted by Crippen LogP contribution is -2.10. The third-order valence-corrected chi connectivity index (χ3v) is 3.20. The molecule has 0 heterocycles. The summed E-state index contributed by atoms with van der Waals surface area (Å²) in [6, 6.07) is 10.4. The van der Waals surface area contributed by atoms with Crippen molar-refractivity contribution in [3.8, 4) is 5.75 Å². The summed E-state index contributed by atoms with van der Waals surface area (Å²) in [7, 11) is 0. The van der Waals surface area contributed by atoms with Crippen molar-refractivity contribution >= 4 is 17.2 Å². The Hall–Kier alpha value is -1.94. The number of aryl methyl sites for hydroxylation is 2. The van der Waals surface area contributed by atoms with Crippen LogP contribution >= 0.6 is 12.2 Å². The van der Waals surface area contributed by atoms with Gasteiger partial charge in [-0.3, -0.25) is 0 Å². The Bertz CT molecular complexity index is 655. The fourth-order valence-electron chi connectivity index (χ4n) is 2.00. The Balaban J connectivity index is 2.16. The zero-order valence-electron chi connectivity index (χ0n) is 11.4. The Labute approximate surface area is 123 Å². The molecule has 2 N–H and O–H groups in total. The second kappa shape index (κ2) is 6.01. The number of ether oxygens (including phenoxy) is 1. The van der Waals surface area contributed by atoms with Crippen molar-refractivity contribution in [2.45, 2.75) is 20.5 Å². The molecular formula is C16H16FNOS. The number of benzene rings is 2. The van der Waals surface area contributed by atoms with E-state index in [9.17, 15) is 4.39 Å². The van der Waals surface area contributed by atoms with Gasteiger partial charge in [-0.05, 0) is 49.2 Å². The SMILES string of the molecule is Cc1ccc(OCc2cc(F)cc(C(N)=S)c2)c(C)c1. The molecule has 0 bridgehead atoms. The maximum Gasteiger partial charge on any atom is 0.124 e. The lowest BCUT2D eigenvalue weighted by molar-refractivity contribution is 0.303. The van der Waals surface area contributed by atoms with Crippen molar-refractivity contribution in [1.82, 2.24) is 0 Å². The third kappa shape index (κ3) is 3.54. The first-order valence-corrected chi connectivity index (χ1v) is 6.66. The molecule has 0 fully saturated rings. The van der Waals surface area contributed by atoms with E-state index in [0.29, 0.717) is 11.1 Å². The van der Waals surface area contributed by atoms with Gasteiger partial charge in [-0.25, -0.2) is 4.39 Å². The van der Waals surface area contributed by atoms with Crippen LogP contribution in [-0.2, 0) is 6.61 Å². The Kier molecular flexibility index (Phi) is 4.35. The van der Waals surface area contributed by atoms with Crippen LogP contribution in [0.3, 0.4) is 0 Å². The van der Waals surface area contributed by atoms with Crippen LogP contribution in [0.25, 0.3) is 0 Å². The van der Waals surface area contributed by atoms with Crippen LogP contribution in [0.2, 0.25) is 0 Å². The van der Waals surface area contributed by atoms with Crippen molar-refractivity contribution < 1.29 is 9.13 Å². The van der Waals surface area contributed by atoms with E-state index < -0.39 is 0 Å². The Morgan fingerprint density at radius 2 is 1.95 bits per heavy atom. The number of halogens is 1. The average molecular weight is 289 g/mol. The number of nitrogens with two attached hydrogens (primary N) is 1. The molecule has 0 saturated carbocycles. The van der Waals surface area contributed by atoms with Crippen molar-refractivity contribution in [2.24, 2.45) is 5.73 Å². The molecule has 2 rings (SSSR count). The average Bonchev–Trinajstić information content (AvgIpc) is 2.37. The minimum Gasteiger partial charge on any atom is -0.489 e. The topological polar surface area (TPSA) is 35.2 Å². The van der Waals surface area contributed by atoms with Crippen LogP contribution in [0.5, 0.6) is 5.75 Å². The quantitative estimate of drug-likeness (QED) is 0.873. The van der Waals surface area contributed by atoms with Gasteiger partial charge in [0.05, 0.1) is 0 Å². The Morgan fingerprint density at radius 3 is 2.60 bits per heavy atom. The Morgan fingerprint density at radius 1 is 1.20 bits per heavy atom. The standard InChI is InChI=1S/C16H16FNOS/c1-10-3-4-15(11(2)5-10)19-9-12-6-13(16(18)20)8-14(17)7-12/h3-8H,9H2,1-2H3,(H2,18,20). The highest BCUT2D eigenvalue weighted by molar-refractivity contribution is 7.80. The third-order valence-electron chi connectivity index (χ3n) is 2.97. The van der Waals surface area contributed by atoms with E-state index in [2.05, 4.69) is 0 Å². The van der Waals surface area contributed by atoms with Crippen LogP contribution in [-0.4, -0.2) is 4.99 Å². The van der Waals surface area contributed by atoms with Gasteiger partial charge >= 0.3 is 0 Å². The summed E-state index contributed by atoms with van der Waals surface area (Å²) in [5, 5.41) is 0. The van der Waals surface area contributed by atoms with E-state index in [4.69, 9.17) is 22.7 Å². The monoisotopic (exact) mass is 289 g/mol. The van der Waals surface area contributed by atoms with Crippen LogP contribution in [0.15, 0.2) is 36.4 Å². The molecule has 0 aromatic heterocycles. The largest absolute Gasteiger partial charge is 0.489 e. The number of hydrogen-bond donors (Lipinski definition) is 1. The van der Waals surface area contributed by atoms with Gasteiger partial charge in [0.1, 0.15) is 23.2 Å². The first-order chi connectivity index (χ1) is 9.45. The van der Waals surface area contributed by atoms with Gasteiger partial charge in [-0.15, -0.1) is 0 Å². The van der Waals surface area contributed by atoms with E-state index in [1.165, 1.54) is 17.7 Å². The molecule has 104 valence electrons. The number of rotatable bonds is 4.